The first-order valence-electron chi connectivity index (χ1n) is 9.81. The van der Waals surface area contributed by atoms with Crippen molar-refractivity contribution in [3.05, 3.63) is 38.7 Å². The van der Waals surface area contributed by atoms with Crippen molar-refractivity contribution in [3.63, 3.8) is 0 Å². The molecule has 0 amide bonds. The lowest BCUT2D eigenvalue weighted by Gasteiger charge is -2.37. The minimum atomic E-state index is -0.299. The van der Waals surface area contributed by atoms with Gasteiger partial charge in [0.15, 0.2) is 0 Å². The van der Waals surface area contributed by atoms with Crippen LogP contribution in [0.5, 0.6) is 0 Å². The summed E-state index contributed by atoms with van der Waals surface area (Å²) in [6.07, 6.45) is 2.39. The smallest absolute Gasteiger partial charge is 0.332 e. The fourth-order valence-corrected chi connectivity index (χ4v) is 3.95. The lowest BCUT2D eigenvalue weighted by atomic mass is 10.3. The molecule has 150 valence electrons. The van der Waals surface area contributed by atoms with Crippen LogP contribution in [0.2, 0.25) is 0 Å². The fourth-order valence-electron chi connectivity index (χ4n) is 3.95. The van der Waals surface area contributed by atoms with Crippen LogP contribution in [0, 0.1) is 6.92 Å². The Balaban J connectivity index is 1.52. The van der Waals surface area contributed by atoms with Crippen LogP contribution in [0.25, 0.3) is 0 Å². The van der Waals surface area contributed by atoms with Gasteiger partial charge in [0.2, 0.25) is 5.95 Å². The second-order valence-electron chi connectivity index (χ2n) is 7.58. The Morgan fingerprint density at radius 1 is 0.786 bits per heavy atom. The first kappa shape index (κ1) is 18.5. The Kier molecular flexibility index (Phi) is 4.82. The molecule has 9 heteroatoms. The van der Waals surface area contributed by atoms with E-state index in [2.05, 4.69) is 19.7 Å². The highest BCUT2D eigenvalue weighted by atomic mass is 16.2. The van der Waals surface area contributed by atoms with Crippen LogP contribution in [0.4, 0.5) is 17.6 Å². The molecule has 0 aromatic carbocycles. The zero-order chi connectivity index (χ0) is 19.8. The van der Waals surface area contributed by atoms with Crippen LogP contribution >= 0.6 is 0 Å². The maximum Gasteiger partial charge on any atom is 0.332 e. The second-order valence-corrected chi connectivity index (χ2v) is 7.58. The van der Waals surface area contributed by atoms with Crippen LogP contribution in [0.1, 0.15) is 18.5 Å². The summed E-state index contributed by atoms with van der Waals surface area (Å²) in [7, 11) is 3.21. The summed E-state index contributed by atoms with van der Waals surface area (Å²) >= 11 is 0. The molecular weight excluding hydrogens is 358 g/mol. The van der Waals surface area contributed by atoms with E-state index in [1.165, 1.54) is 30.5 Å². The first-order valence-corrected chi connectivity index (χ1v) is 9.81. The van der Waals surface area contributed by atoms with Crippen molar-refractivity contribution in [2.45, 2.75) is 19.8 Å². The molecule has 2 aliphatic rings. The predicted octanol–water partition coefficient (Wildman–Crippen LogP) is 0.109. The highest BCUT2D eigenvalue weighted by Gasteiger charge is 2.23. The summed E-state index contributed by atoms with van der Waals surface area (Å²) in [5, 5.41) is 0. The van der Waals surface area contributed by atoms with E-state index in [9.17, 15) is 9.59 Å². The normalized spacial score (nSPS) is 17.5. The topological polar surface area (TPSA) is 79.5 Å². The molecule has 0 N–H and O–H groups in total. The van der Waals surface area contributed by atoms with E-state index in [-0.39, 0.29) is 11.2 Å². The molecule has 2 saturated heterocycles. The summed E-state index contributed by atoms with van der Waals surface area (Å²) in [5.41, 5.74) is 0.400. The monoisotopic (exact) mass is 385 g/mol. The van der Waals surface area contributed by atoms with E-state index in [0.29, 0.717) is 5.82 Å². The predicted molar refractivity (Wildman–Crippen MR) is 110 cm³/mol. The number of hydrogen-bond donors (Lipinski definition) is 0. The molecule has 0 radical (unpaired) electrons. The molecule has 4 rings (SSSR count). The van der Waals surface area contributed by atoms with Gasteiger partial charge in [0.05, 0.1) is 0 Å². The molecule has 28 heavy (non-hydrogen) atoms. The molecule has 0 unspecified atom stereocenters. The molecule has 0 spiro atoms. The average molecular weight is 385 g/mol. The van der Waals surface area contributed by atoms with Gasteiger partial charge in [0.25, 0.3) is 5.56 Å². The maximum absolute atomic E-state index is 12.2. The number of nitrogens with zero attached hydrogens (tertiary/aromatic N) is 7. The third kappa shape index (κ3) is 3.36. The average Bonchev–Trinajstić information content (AvgIpc) is 3.24. The molecule has 9 nitrogen and oxygen atoms in total. The van der Waals surface area contributed by atoms with Crippen molar-refractivity contribution in [2.24, 2.45) is 14.1 Å². The Morgan fingerprint density at radius 2 is 1.43 bits per heavy atom. The van der Waals surface area contributed by atoms with Gasteiger partial charge in [-0.2, -0.15) is 4.98 Å². The molecule has 0 aliphatic carbocycles. The Hall–Kier alpha value is -2.84. The standard InChI is InChI=1S/C19H27N7O2/c1-14-12-15(21-18(20-14)26-6-4-5-7-26)24-8-10-25(11-9-24)16-13-17(27)23(3)19(28)22(16)2/h12-13H,4-11H2,1-3H3. The van der Waals surface area contributed by atoms with Gasteiger partial charge in [0, 0.05) is 71.2 Å². The number of aryl methyl sites for hydroxylation is 1. The summed E-state index contributed by atoms with van der Waals surface area (Å²) in [6, 6.07) is 3.57. The first-order chi connectivity index (χ1) is 13.4. The van der Waals surface area contributed by atoms with Crippen molar-refractivity contribution >= 4 is 17.6 Å². The van der Waals surface area contributed by atoms with E-state index < -0.39 is 0 Å². The minimum Gasteiger partial charge on any atom is -0.354 e. The molecule has 0 bridgehead atoms. The largest absolute Gasteiger partial charge is 0.354 e. The number of hydrogen-bond acceptors (Lipinski definition) is 7. The maximum atomic E-state index is 12.2. The van der Waals surface area contributed by atoms with E-state index in [4.69, 9.17) is 4.98 Å². The molecule has 0 saturated carbocycles. The van der Waals surface area contributed by atoms with Gasteiger partial charge < -0.3 is 14.7 Å². The van der Waals surface area contributed by atoms with Crippen LogP contribution < -0.4 is 25.9 Å². The highest BCUT2D eigenvalue weighted by Crippen LogP contribution is 2.22. The Morgan fingerprint density at radius 3 is 2.11 bits per heavy atom. The molecule has 0 atom stereocenters. The fraction of sp³-hybridized carbons (Fsp3) is 0.579. The van der Waals surface area contributed by atoms with Crippen molar-refractivity contribution in [2.75, 3.05) is 54.0 Å². The van der Waals surface area contributed by atoms with Crippen molar-refractivity contribution in [1.29, 1.82) is 0 Å². The summed E-state index contributed by atoms with van der Waals surface area (Å²) < 4.78 is 2.67. The van der Waals surface area contributed by atoms with Crippen LogP contribution in [0.3, 0.4) is 0 Å². The van der Waals surface area contributed by atoms with Crippen molar-refractivity contribution in [1.82, 2.24) is 19.1 Å². The Bertz CT molecular complexity index is 983. The van der Waals surface area contributed by atoms with Gasteiger partial charge in [-0.15, -0.1) is 0 Å². The van der Waals surface area contributed by atoms with Gasteiger partial charge >= 0.3 is 5.69 Å². The number of anilines is 3. The number of aromatic nitrogens is 4. The molecule has 2 fully saturated rings. The van der Waals surface area contributed by atoms with E-state index in [0.717, 1.165) is 61.3 Å². The third-order valence-electron chi connectivity index (χ3n) is 5.65. The zero-order valence-corrected chi connectivity index (χ0v) is 16.8. The molecule has 2 aliphatic heterocycles. The van der Waals surface area contributed by atoms with Crippen LogP contribution in [-0.4, -0.2) is 58.4 Å². The molecular formula is C19H27N7O2. The second kappa shape index (κ2) is 7.29. The van der Waals surface area contributed by atoms with Gasteiger partial charge in [-0.3, -0.25) is 13.9 Å². The quantitative estimate of drug-likeness (QED) is 0.742. The van der Waals surface area contributed by atoms with E-state index in [1.54, 1.807) is 7.05 Å². The van der Waals surface area contributed by atoms with Gasteiger partial charge in [-0.1, -0.05) is 0 Å². The molecule has 4 heterocycles. The van der Waals surface area contributed by atoms with Crippen molar-refractivity contribution < 1.29 is 0 Å². The van der Waals surface area contributed by atoms with E-state index >= 15 is 0 Å². The highest BCUT2D eigenvalue weighted by molar-refractivity contribution is 5.49. The summed E-state index contributed by atoms with van der Waals surface area (Å²) in [4.78, 5) is 40.3. The lowest BCUT2D eigenvalue weighted by molar-refractivity contribution is 0.606. The molecule has 2 aromatic heterocycles. The van der Waals surface area contributed by atoms with Gasteiger partial charge in [-0.25, -0.2) is 9.78 Å². The third-order valence-corrected chi connectivity index (χ3v) is 5.65. The number of piperazine rings is 1. The summed E-state index contributed by atoms with van der Waals surface area (Å²) in [5.74, 6) is 2.44. The SMILES string of the molecule is Cc1cc(N2CCN(c3cc(=O)n(C)c(=O)n3C)CC2)nc(N2CCCC2)n1. The van der Waals surface area contributed by atoms with Crippen molar-refractivity contribution in [3.8, 4) is 0 Å². The zero-order valence-electron chi connectivity index (χ0n) is 16.8. The number of rotatable bonds is 3. The minimum absolute atomic E-state index is 0.276. The van der Waals surface area contributed by atoms with Crippen LogP contribution in [-0.2, 0) is 14.1 Å². The lowest BCUT2D eigenvalue weighted by Crippen LogP contribution is -2.49. The van der Waals surface area contributed by atoms with Gasteiger partial charge in [0.1, 0.15) is 11.6 Å². The van der Waals surface area contributed by atoms with Gasteiger partial charge in [-0.05, 0) is 19.8 Å². The Labute approximate surface area is 163 Å². The van der Waals surface area contributed by atoms with Crippen LogP contribution in [0.15, 0.2) is 21.7 Å². The molecule has 2 aromatic rings. The summed E-state index contributed by atoms with van der Waals surface area (Å²) in [6.45, 7) is 7.06. The van der Waals surface area contributed by atoms with E-state index in [1.807, 2.05) is 13.0 Å².